The molecule has 3 N–H and O–H groups in total. The maximum atomic E-state index is 10.9. The van der Waals surface area contributed by atoms with Gasteiger partial charge in [0.15, 0.2) is 0 Å². The zero-order chi connectivity index (χ0) is 12.0. The van der Waals surface area contributed by atoms with Crippen molar-refractivity contribution < 1.29 is 4.79 Å². The molecule has 1 unspecified atom stereocenters. The molecular formula is C13H18N2O. The van der Waals surface area contributed by atoms with Gasteiger partial charge in [0, 0.05) is 18.2 Å². The van der Waals surface area contributed by atoms with Crippen LogP contribution in [0.1, 0.15) is 32.8 Å². The van der Waals surface area contributed by atoms with Gasteiger partial charge in [0.25, 0.3) is 0 Å². The van der Waals surface area contributed by atoms with Crippen molar-refractivity contribution in [3.05, 3.63) is 29.8 Å². The lowest BCUT2D eigenvalue weighted by Crippen LogP contribution is -2.25. The van der Waals surface area contributed by atoms with Crippen LogP contribution in [0.3, 0.4) is 0 Å². The molecule has 0 bridgehead atoms. The zero-order valence-corrected chi connectivity index (χ0v) is 10.0. The topological polar surface area (TPSA) is 55.1 Å². The van der Waals surface area contributed by atoms with Crippen molar-refractivity contribution in [2.24, 2.45) is 11.1 Å². The largest absolute Gasteiger partial charge is 0.326 e. The lowest BCUT2D eigenvalue weighted by atomic mass is 9.97. The number of nitrogens with one attached hydrogen (secondary N) is 1. The van der Waals surface area contributed by atoms with E-state index >= 15 is 0 Å². The summed E-state index contributed by atoms with van der Waals surface area (Å²) in [6.45, 7) is 5.85. The molecule has 1 aliphatic rings. The van der Waals surface area contributed by atoms with E-state index < -0.39 is 0 Å². The van der Waals surface area contributed by atoms with Crippen LogP contribution in [0.25, 0.3) is 0 Å². The van der Waals surface area contributed by atoms with E-state index in [0.29, 0.717) is 0 Å². The Morgan fingerprint density at radius 3 is 2.19 bits per heavy atom. The van der Waals surface area contributed by atoms with E-state index in [1.807, 2.05) is 24.3 Å². The molecule has 1 aromatic carbocycles. The number of carbonyl (C=O) groups excluding carboxylic acids is 1. The summed E-state index contributed by atoms with van der Waals surface area (Å²) in [6.07, 6.45) is 1.01. The lowest BCUT2D eigenvalue weighted by molar-refractivity contribution is -0.114. The fourth-order valence-corrected chi connectivity index (χ4v) is 2.20. The molecule has 1 atom stereocenters. The first-order valence-electron chi connectivity index (χ1n) is 5.52. The molecule has 1 amide bonds. The Hall–Kier alpha value is -1.35. The minimum Gasteiger partial charge on any atom is -0.326 e. The van der Waals surface area contributed by atoms with Gasteiger partial charge in [-0.3, -0.25) is 4.79 Å². The normalized spacial score (nSPS) is 26.2. The minimum atomic E-state index is -0.193. The number of nitrogens with two attached hydrogens (primary N) is 1. The Morgan fingerprint density at radius 1 is 1.31 bits per heavy atom. The highest BCUT2D eigenvalue weighted by atomic mass is 16.1. The Bertz CT molecular complexity index is 422. The molecule has 3 nitrogen and oxygen atoms in total. The molecule has 0 spiro atoms. The fraction of sp³-hybridized carbons (Fsp3) is 0.462. The predicted octanol–water partition coefficient (Wildman–Crippen LogP) is 2.23. The highest BCUT2D eigenvalue weighted by Gasteiger charge is 2.59. The van der Waals surface area contributed by atoms with Crippen molar-refractivity contribution in [3.8, 4) is 0 Å². The molecule has 0 aromatic heterocycles. The molecule has 1 aromatic rings. The van der Waals surface area contributed by atoms with Crippen molar-refractivity contribution >= 4 is 11.6 Å². The average Bonchev–Trinajstić information content (AvgIpc) is 2.67. The number of benzene rings is 1. The Morgan fingerprint density at radius 2 is 1.81 bits per heavy atom. The lowest BCUT2D eigenvalue weighted by Gasteiger charge is -2.15. The Labute approximate surface area is 96.0 Å². The average molecular weight is 218 g/mol. The van der Waals surface area contributed by atoms with E-state index in [1.165, 1.54) is 6.92 Å². The SMILES string of the molecule is CC(=O)Nc1ccc(C2(N)CC2(C)C)cc1. The van der Waals surface area contributed by atoms with Gasteiger partial charge < -0.3 is 11.1 Å². The smallest absolute Gasteiger partial charge is 0.221 e. The molecule has 86 valence electrons. The second kappa shape index (κ2) is 3.32. The first kappa shape index (κ1) is 11.1. The second-order valence-corrected chi connectivity index (χ2v) is 5.29. The van der Waals surface area contributed by atoms with E-state index in [2.05, 4.69) is 19.2 Å². The van der Waals surface area contributed by atoms with Crippen LogP contribution >= 0.6 is 0 Å². The van der Waals surface area contributed by atoms with Crippen LogP contribution in [0.2, 0.25) is 0 Å². The molecule has 3 heteroatoms. The van der Waals surface area contributed by atoms with Crippen LogP contribution in [-0.4, -0.2) is 5.91 Å². The summed E-state index contributed by atoms with van der Waals surface area (Å²) in [5.41, 5.74) is 8.26. The van der Waals surface area contributed by atoms with Gasteiger partial charge in [0.05, 0.1) is 0 Å². The van der Waals surface area contributed by atoms with Crippen molar-refractivity contribution in [2.75, 3.05) is 5.32 Å². The van der Waals surface area contributed by atoms with Crippen molar-refractivity contribution in [2.45, 2.75) is 32.7 Å². The van der Waals surface area contributed by atoms with Crippen LogP contribution in [-0.2, 0) is 10.3 Å². The van der Waals surface area contributed by atoms with Crippen molar-refractivity contribution in [1.82, 2.24) is 0 Å². The summed E-state index contributed by atoms with van der Waals surface area (Å²) >= 11 is 0. The summed E-state index contributed by atoms with van der Waals surface area (Å²) in [5, 5.41) is 2.74. The number of hydrogen-bond acceptors (Lipinski definition) is 2. The van der Waals surface area contributed by atoms with Crippen LogP contribution in [0, 0.1) is 5.41 Å². The highest BCUT2D eigenvalue weighted by molar-refractivity contribution is 5.88. The third-order valence-electron chi connectivity index (χ3n) is 3.52. The number of anilines is 1. The molecule has 16 heavy (non-hydrogen) atoms. The van der Waals surface area contributed by atoms with Gasteiger partial charge in [-0.05, 0) is 29.5 Å². The van der Waals surface area contributed by atoms with Gasteiger partial charge in [-0.1, -0.05) is 26.0 Å². The van der Waals surface area contributed by atoms with Gasteiger partial charge >= 0.3 is 0 Å². The summed E-state index contributed by atoms with van der Waals surface area (Å²) in [7, 11) is 0. The number of rotatable bonds is 2. The Kier molecular flexibility index (Phi) is 2.31. The highest BCUT2D eigenvalue weighted by Crippen LogP contribution is 2.60. The molecule has 1 fully saturated rings. The standard InChI is InChI=1S/C13H18N2O/c1-9(16)15-11-6-4-10(5-7-11)13(14)8-12(13,2)3/h4-7H,8,14H2,1-3H3,(H,15,16). The van der Waals surface area contributed by atoms with Crippen LogP contribution in [0.4, 0.5) is 5.69 Å². The number of amides is 1. The maximum Gasteiger partial charge on any atom is 0.221 e. The molecule has 0 aliphatic heterocycles. The molecule has 0 heterocycles. The molecule has 2 rings (SSSR count). The molecule has 0 saturated heterocycles. The predicted molar refractivity (Wildman–Crippen MR) is 65.0 cm³/mol. The van der Waals surface area contributed by atoms with Gasteiger partial charge in [-0.2, -0.15) is 0 Å². The summed E-state index contributed by atoms with van der Waals surface area (Å²) < 4.78 is 0. The first-order valence-corrected chi connectivity index (χ1v) is 5.52. The second-order valence-electron chi connectivity index (χ2n) is 5.29. The van der Waals surface area contributed by atoms with Gasteiger partial charge in [-0.15, -0.1) is 0 Å². The van der Waals surface area contributed by atoms with E-state index in [1.54, 1.807) is 0 Å². The van der Waals surface area contributed by atoms with Gasteiger partial charge in [-0.25, -0.2) is 0 Å². The van der Waals surface area contributed by atoms with E-state index in [9.17, 15) is 4.79 Å². The van der Waals surface area contributed by atoms with E-state index in [0.717, 1.165) is 17.7 Å². The monoisotopic (exact) mass is 218 g/mol. The molecule has 1 saturated carbocycles. The van der Waals surface area contributed by atoms with Crippen LogP contribution < -0.4 is 11.1 Å². The van der Waals surface area contributed by atoms with Crippen LogP contribution in [0.5, 0.6) is 0 Å². The molecule has 1 aliphatic carbocycles. The third kappa shape index (κ3) is 1.71. The quantitative estimate of drug-likeness (QED) is 0.799. The van der Waals surface area contributed by atoms with Crippen molar-refractivity contribution in [1.29, 1.82) is 0 Å². The van der Waals surface area contributed by atoms with E-state index in [4.69, 9.17) is 5.73 Å². The Balaban J connectivity index is 2.18. The maximum absolute atomic E-state index is 10.9. The molecular weight excluding hydrogens is 200 g/mol. The van der Waals surface area contributed by atoms with Gasteiger partial charge in [0.1, 0.15) is 0 Å². The van der Waals surface area contributed by atoms with E-state index in [-0.39, 0.29) is 16.9 Å². The van der Waals surface area contributed by atoms with Crippen molar-refractivity contribution in [3.63, 3.8) is 0 Å². The summed E-state index contributed by atoms with van der Waals surface area (Å²) in [6, 6.07) is 7.81. The summed E-state index contributed by atoms with van der Waals surface area (Å²) in [5.74, 6) is -0.0537. The summed E-state index contributed by atoms with van der Waals surface area (Å²) in [4.78, 5) is 10.9. The third-order valence-corrected chi connectivity index (χ3v) is 3.52. The fourth-order valence-electron chi connectivity index (χ4n) is 2.20. The minimum absolute atomic E-state index is 0.0537. The molecule has 0 radical (unpaired) electrons. The van der Waals surface area contributed by atoms with Crippen LogP contribution in [0.15, 0.2) is 24.3 Å². The van der Waals surface area contributed by atoms with Gasteiger partial charge in [0.2, 0.25) is 5.91 Å². The first-order chi connectivity index (χ1) is 7.35. The number of hydrogen-bond donors (Lipinski definition) is 2. The number of carbonyl (C=O) groups is 1. The zero-order valence-electron chi connectivity index (χ0n) is 10.0.